The van der Waals surface area contributed by atoms with Crippen molar-refractivity contribution in [2.24, 2.45) is 5.92 Å². The van der Waals surface area contributed by atoms with Crippen LogP contribution in [0.3, 0.4) is 0 Å². The Morgan fingerprint density at radius 2 is 0.535 bits per heavy atom. The van der Waals surface area contributed by atoms with E-state index >= 15 is 0 Å². The van der Waals surface area contributed by atoms with Crippen LogP contribution in [-0.2, 0) is 0 Å². The van der Waals surface area contributed by atoms with E-state index in [2.05, 4.69) is 25.0 Å². The highest BCUT2D eigenvalue weighted by Gasteiger charge is 2.73. The van der Waals surface area contributed by atoms with Crippen LogP contribution in [0, 0.1) is 5.92 Å². The van der Waals surface area contributed by atoms with Crippen LogP contribution in [0.4, 0.5) is 0 Å². The molecule has 246 valence electrons. The fourth-order valence-electron chi connectivity index (χ4n) is 12.8. The van der Waals surface area contributed by atoms with Gasteiger partial charge >= 0.3 is 0 Å². The Morgan fingerprint density at radius 3 is 0.698 bits per heavy atom. The average molecular weight is 629 g/mol. The molecule has 6 rings (SSSR count). The Kier molecular flexibility index (Phi) is 12.6. The summed E-state index contributed by atoms with van der Waals surface area (Å²) in [4.78, 5) is 0. The third-order valence-corrected chi connectivity index (χ3v) is 28.7. The van der Waals surface area contributed by atoms with Gasteiger partial charge in [0.15, 0.2) is 0 Å². The molecule has 0 heterocycles. The Labute approximate surface area is 271 Å². The first-order chi connectivity index (χ1) is 21.2. The van der Waals surface area contributed by atoms with Gasteiger partial charge < -0.3 is 0 Å². The molecule has 0 radical (unpaired) electrons. The molecule has 0 unspecified atom stereocenters. The van der Waals surface area contributed by atoms with Crippen molar-refractivity contribution in [2.75, 3.05) is 0 Å². The molecule has 0 aromatic rings. The first kappa shape index (κ1) is 33.5. The van der Waals surface area contributed by atoms with Crippen molar-refractivity contribution in [2.45, 2.75) is 240 Å². The number of allylic oxidation sites excluding steroid dienone is 1. The summed E-state index contributed by atoms with van der Waals surface area (Å²) in [6.07, 6.45) is 51.0. The molecule has 0 aliphatic heterocycles. The van der Waals surface area contributed by atoms with Crippen LogP contribution in [0.5, 0.6) is 0 Å². The average Bonchev–Trinajstić information content (AvgIpc) is 3.08. The lowest BCUT2D eigenvalue weighted by molar-refractivity contribution is 0.448. The van der Waals surface area contributed by atoms with Gasteiger partial charge in [0.05, 0.1) is 48.5 Å². The van der Waals surface area contributed by atoms with Gasteiger partial charge in [0, 0.05) is 0 Å². The van der Waals surface area contributed by atoms with E-state index in [0.29, 0.717) is 0 Å². The van der Waals surface area contributed by atoms with Gasteiger partial charge in [-0.15, -0.1) is 0 Å². The van der Waals surface area contributed by atoms with Crippen LogP contribution >= 0.6 is 14.5 Å². The van der Waals surface area contributed by atoms with E-state index < -0.39 is 14.5 Å². The van der Waals surface area contributed by atoms with E-state index in [1.807, 2.05) is 0 Å². The van der Waals surface area contributed by atoms with Crippen LogP contribution in [0.2, 0.25) is 0 Å². The first-order valence-corrected chi connectivity index (χ1v) is 24.7. The zero-order chi connectivity index (χ0) is 29.5. The summed E-state index contributed by atoms with van der Waals surface area (Å²) in [6, 6.07) is 0. The topological polar surface area (TPSA) is 0 Å². The lowest BCUT2D eigenvalue weighted by Gasteiger charge is -2.56. The van der Waals surface area contributed by atoms with Crippen molar-refractivity contribution >= 4 is 14.5 Å². The quantitative estimate of drug-likeness (QED) is 0.223. The molecule has 0 aromatic heterocycles. The standard InChI is InChI=1S/C41H74P2/c1-34(2)33-41(42(35-21-9-3-10-22-35,36-23-11-4-12-24-36)37-25-13-5-14-26-37)43(38-27-15-6-16-28-38,39-29-17-7-18-30-39)40-31-19-8-20-32-40/h33-40H,3-32H2,1-2H3/q+2. The third-order valence-electron chi connectivity index (χ3n) is 14.3. The second-order valence-corrected chi connectivity index (χ2v) is 26.2. The van der Waals surface area contributed by atoms with Gasteiger partial charge in [-0.25, -0.2) is 0 Å². The lowest BCUT2D eigenvalue weighted by Crippen LogP contribution is -2.43. The van der Waals surface area contributed by atoms with Crippen LogP contribution in [0.25, 0.3) is 0 Å². The molecule has 43 heavy (non-hydrogen) atoms. The second-order valence-electron chi connectivity index (χ2n) is 17.2. The monoisotopic (exact) mass is 629 g/mol. The van der Waals surface area contributed by atoms with Crippen LogP contribution < -0.4 is 0 Å². The van der Waals surface area contributed by atoms with Crippen LogP contribution in [0.15, 0.2) is 11.1 Å². The largest absolute Gasteiger partial charge is 0.200 e. The zero-order valence-electron chi connectivity index (χ0n) is 29.2. The van der Waals surface area contributed by atoms with Crippen molar-refractivity contribution in [1.29, 1.82) is 0 Å². The van der Waals surface area contributed by atoms with Gasteiger partial charge in [-0.05, 0) is 166 Å². The molecule has 0 amide bonds. The van der Waals surface area contributed by atoms with E-state index in [0.717, 1.165) is 39.9 Å². The molecule has 0 N–H and O–H groups in total. The predicted molar refractivity (Wildman–Crippen MR) is 198 cm³/mol. The fourth-order valence-corrected chi connectivity index (χ4v) is 32.4. The summed E-state index contributed by atoms with van der Waals surface area (Å²) in [5.74, 6) is 0.750. The van der Waals surface area contributed by atoms with Crippen molar-refractivity contribution in [1.82, 2.24) is 0 Å². The minimum Gasteiger partial charge on any atom is -0.0590 e. The van der Waals surface area contributed by atoms with Gasteiger partial charge in [0.25, 0.3) is 0 Å². The van der Waals surface area contributed by atoms with Crippen molar-refractivity contribution in [3.63, 3.8) is 0 Å². The molecule has 0 saturated heterocycles. The highest BCUT2D eigenvalue weighted by molar-refractivity contribution is 8.00. The van der Waals surface area contributed by atoms with Crippen molar-refractivity contribution < 1.29 is 0 Å². The smallest absolute Gasteiger partial charge is 0.0590 e. The van der Waals surface area contributed by atoms with E-state index in [1.54, 1.807) is 193 Å². The summed E-state index contributed by atoms with van der Waals surface area (Å²) in [6.45, 7) is 5.29. The minimum absolute atomic E-state index is 0.750. The Hall–Kier alpha value is 0.600. The molecule has 0 bridgehead atoms. The fraction of sp³-hybridized carbons (Fsp3) is 0.951. The molecule has 6 aliphatic carbocycles. The molecule has 0 atom stereocenters. The number of rotatable bonds is 9. The van der Waals surface area contributed by atoms with E-state index in [1.165, 1.54) is 0 Å². The number of hydrogen-bond acceptors (Lipinski definition) is 0. The molecule has 6 saturated carbocycles. The molecular formula is C41H74P2+2. The molecule has 6 fully saturated rings. The molecule has 0 nitrogen and oxygen atoms in total. The summed E-state index contributed by atoms with van der Waals surface area (Å²) in [5, 5.41) is 2.46. The van der Waals surface area contributed by atoms with E-state index in [9.17, 15) is 0 Å². The van der Waals surface area contributed by atoms with Crippen LogP contribution in [-0.4, -0.2) is 34.0 Å². The Balaban J connectivity index is 1.63. The normalized spacial score (nSPS) is 27.9. The van der Waals surface area contributed by atoms with Gasteiger partial charge in [-0.1, -0.05) is 52.4 Å². The highest BCUT2D eigenvalue weighted by atomic mass is 31.2. The van der Waals surface area contributed by atoms with Gasteiger partial charge in [-0.2, -0.15) is 0 Å². The molecule has 0 spiro atoms. The molecule has 6 aliphatic rings. The second kappa shape index (κ2) is 16.1. The van der Waals surface area contributed by atoms with Crippen molar-refractivity contribution in [3.8, 4) is 0 Å². The summed E-state index contributed by atoms with van der Waals surface area (Å²) >= 11 is 0. The molecular weight excluding hydrogens is 554 g/mol. The Bertz CT molecular complexity index is 682. The third kappa shape index (κ3) is 6.94. The Morgan fingerprint density at radius 1 is 0.349 bits per heavy atom. The zero-order valence-corrected chi connectivity index (χ0v) is 31.0. The SMILES string of the molecule is CC(C)C=C([P+](C1CCCCC1)(C1CCCCC1)C1CCCCC1)[P+](C1CCCCC1)(C1CCCCC1)C1CCCCC1. The summed E-state index contributed by atoms with van der Waals surface area (Å²) in [7, 11) is -2.59. The molecule has 0 aromatic carbocycles. The summed E-state index contributed by atoms with van der Waals surface area (Å²) < 4.78 is 0. The van der Waals surface area contributed by atoms with E-state index in [4.69, 9.17) is 0 Å². The summed E-state index contributed by atoms with van der Waals surface area (Å²) in [5.41, 5.74) is 6.71. The number of hydrogen-bond donors (Lipinski definition) is 0. The first-order valence-electron chi connectivity index (χ1n) is 20.7. The predicted octanol–water partition coefficient (Wildman–Crippen LogP) is 14.5. The maximum absolute atomic E-state index is 3.23. The lowest BCUT2D eigenvalue weighted by atomic mass is 9.98. The van der Waals surface area contributed by atoms with Crippen LogP contribution in [0.1, 0.15) is 206 Å². The van der Waals surface area contributed by atoms with Gasteiger partial charge in [0.2, 0.25) is 5.06 Å². The van der Waals surface area contributed by atoms with E-state index in [-0.39, 0.29) is 0 Å². The maximum Gasteiger partial charge on any atom is 0.200 e. The minimum atomic E-state index is -1.30. The van der Waals surface area contributed by atoms with Gasteiger partial charge in [-0.3, -0.25) is 0 Å². The van der Waals surface area contributed by atoms with Crippen molar-refractivity contribution in [3.05, 3.63) is 11.1 Å². The molecule has 2 heteroatoms. The maximum atomic E-state index is 3.23. The van der Waals surface area contributed by atoms with Gasteiger partial charge in [0.1, 0.15) is 0 Å². The highest BCUT2D eigenvalue weighted by Crippen LogP contribution is 2.96.